The van der Waals surface area contributed by atoms with E-state index in [-0.39, 0.29) is 17.5 Å². The fraction of sp³-hybridized carbons (Fsp3) is 0.944. The summed E-state index contributed by atoms with van der Waals surface area (Å²) in [7, 11) is 0. The van der Waals surface area contributed by atoms with Gasteiger partial charge in [-0.1, -0.05) is 40.5 Å². The summed E-state index contributed by atoms with van der Waals surface area (Å²) in [6, 6.07) is 0. The molecule has 1 saturated carbocycles. The zero-order valence-corrected chi connectivity index (χ0v) is 14.3. The molecule has 4 atom stereocenters. The van der Waals surface area contributed by atoms with Crippen molar-refractivity contribution in [3.05, 3.63) is 0 Å². The van der Waals surface area contributed by atoms with Gasteiger partial charge in [-0.25, -0.2) is 0 Å². The number of hydrogen-bond donors (Lipinski definition) is 1. The van der Waals surface area contributed by atoms with Gasteiger partial charge in [0.1, 0.15) is 6.10 Å². The molecule has 1 aliphatic heterocycles. The summed E-state index contributed by atoms with van der Waals surface area (Å²) < 4.78 is 6.10. The van der Waals surface area contributed by atoms with Crippen LogP contribution in [0.2, 0.25) is 0 Å². The molecule has 122 valence electrons. The van der Waals surface area contributed by atoms with Crippen molar-refractivity contribution < 1.29 is 9.53 Å². The molecule has 0 bridgehead atoms. The van der Waals surface area contributed by atoms with Crippen LogP contribution in [-0.2, 0) is 9.53 Å². The predicted molar refractivity (Wildman–Crippen MR) is 86.1 cm³/mol. The molecule has 0 aromatic heterocycles. The first-order valence-electron chi connectivity index (χ1n) is 8.90. The van der Waals surface area contributed by atoms with E-state index in [1.807, 2.05) is 0 Å². The summed E-state index contributed by atoms with van der Waals surface area (Å²) in [5.41, 5.74) is -0.253. The smallest absolute Gasteiger partial charge is 0.313 e. The highest BCUT2D eigenvalue weighted by Crippen LogP contribution is 2.38. The number of ether oxygens (including phenoxy) is 1. The Morgan fingerprint density at radius 1 is 1.38 bits per heavy atom. The third-order valence-electron chi connectivity index (χ3n) is 5.63. The lowest BCUT2D eigenvalue weighted by Gasteiger charge is -2.38. The topological polar surface area (TPSA) is 38.3 Å². The van der Waals surface area contributed by atoms with E-state index in [1.54, 1.807) is 0 Å². The van der Waals surface area contributed by atoms with E-state index in [4.69, 9.17) is 4.74 Å². The average molecular weight is 295 g/mol. The Morgan fingerprint density at radius 2 is 2.14 bits per heavy atom. The van der Waals surface area contributed by atoms with Crippen LogP contribution in [0.25, 0.3) is 0 Å². The molecule has 1 N–H and O–H groups in total. The molecule has 0 radical (unpaired) electrons. The van der Waals surface area contributed by atoms with Gasteiger partial charge in [0.15, 0.2) is 0 Å². The minimum Gasteiger partial charge on any atom is -0.462 e. The van der Waals surface area contributed by atoms with Gasteiger partial charge < -0.3 is 10.1 Å². The Labute approximate surface area is 130 Å². The van der Waals surface area contributed by atoms with Crippen LogP contribution in [0.4, 0.5) is 0 Å². The molecular formula is C18H33NO2. The summed E-state index contributed by atoms with van der Waals surface area (Å²) in [6.07, 6.45) is 6.60. The van der Waals surface area contributed by atoms with Crippen LogP contribution >= 0.6 is 0 Å². The quantitative estimate of drug-likeness (QED) is 0.785. The maximum Gasteiger partial charge on any atom is 0.313 e. The van der Waals surface area contributed by atoms with Gasteiger partial charge in [0, 0.05) is 6.54 Å². The van der Waals surface area contributed by atoms with E-state index in [0.717, 1.165) is 38.8 Å². The van der Waals surface area contributed by atoms with Crippen LogP contribution < -0.4 is 5.32 Å². The molecule has 4 unspecified atom stereocenters. The highest BCUT2D eigenvalue weighted by atomic mass is 16.5. The lowest BCUT2D eigenvalue weighted by Crippen LogP contribution is -2.42. The molecular weight excluding hydrogens is 262 g/mol. The molecule has 2 fully saturated rings. The minimum atomic E-state index is -0.253. The molecule has 1 heterocycles. The SMILES string of the molecule is CCCC1(C(=O)OC2CC(C)CCC2C(C)C)CCNC1. The van der Waals surface area contributed by atoms with Crippen molar-refractivity contribution in [3.63, 3.8) is 0 Å². The third kappa shape index (κ3) is 3.80. The zero-order chi connectivity index (χ0) is 15.5. The second-order valence-electron chi connectivity index (χ2n) is 7.73. The summed E-state index contributed by atoms with van der Waals surface area (Å²) in [5.74, 6) is 1.89. The first-order valence-corrected chi connectivity index (χ1v) is 8.90. The summed E-state index contributed by atoms with van der Waals surface area (Å²) >= 11 is 0. The van der Waals surface area contributed by atoms with Crippen molar-refractivity contribution in [3.8, 4) is 0 Å². The van der Waals surface area contributed by atoms with Gasteiger partial charge in [0.2, 0.25) is 0 Å². The first kappa shape index (κ1) is 16.8. The van der Waals surface area contributed by atoms with Crippen LogP contribution in [0.1, 0.15) is 66.2 Å². The van der Waals surface area contributed by atoms with Gasteiger partial charge in [0.05, 0.1) is 5.41 Å². The lowest BCUT2D eigenvalue weighted by molar-refractivity contribution is -0.168. The molecule has 0 aromatic carbocycles. The molecule has 21 heavy (non-hydrogen) atoms. The van der Waals surface area contributed by atoms with Crippen molar-refractivity contribution in [2.75, 3.05) is 13.1 Å². The molecule has 1 aliphatic carbocycles. The summed E-state index contributed by atoms with van der Waals surface area (Å²) in [5, 5.41) is 3.36. The highest BCUT2D eigenvalue weighted by Gasteiger charge is 2.44. The second kappa shape index (κ2) is 7.13. The standard InChI is InChI=1S/C18H33NO2/c1-5-8-18(9-10-19-12-18)17(20)21-16-11-14(4)6-7-15(16)13(2)3/h13-16,19H,5-12H2,1-4H3. The Kier molecular flexibility index (Phi) is 5.70. The number of carbonyl (C=O) groups is 1. The number of carbonyl (C=O) groups excluding carboxylic acids is 1. The van der Waals surface area contributed by atoms with Crippen molar-refractivity contribution in [2.24, 2.45) is 23.2 Å². The number of rotatable bonds is 5. The Balaban J connectivity index is 2.04. The van der Waals surface area contributed by atoms with Gasteiger partial charge in [0.25, 0.3) is 0 Å². The molecule has 1 saturated heterocycles. The van der Waals surface area contributed by atoms with Gasteiger partial charge in [-0.15, -0.1) is 0 Å². The molecule has 3 nitrogen and oxygen atoms in total. The molecule has 2 rings (SSSR count). The monoisotopic (exact) mass is 295 g/mol. The lowest BCUT2D eigenvalue weighted by atomic mass is 9.75. The van der Waals surface area contributed by atoms with E-state index in [9.17, 15) is 4.79 Å². The maximum absolute atomic E-state index is 12.8. The van der Waals surface area contributed by atoms with Crippen LogP contribution in [0.5, 0.6) is 0 Å². The molecule has 0 amide bonds. The Bertz CT molecular complexity index is 347. The average Bonchev–Trinajstić information content (AvgIpc) is 2.88. The molecule has 2 aliphatic rings. The summed E-state index contributed by atoms with van der Waals surface area (Å²) in [4.78, 5) is 12.8. The number of hydrogen-bond acceptors (Lipinski definition) is 3. The fourth-order valence-electron chi connectivity index (χ4n) is 4.22. The highest BCUT2D eigenvalue weighted by molar-refractivity contribution is 5.77. The van der Waals surface area contributed by atoms with Crippen LogP contribution in [0.15, 0.2) is 0 Å². The maximum atomic E-state index is 12.8. The predicted octanol–water partition coefficient (Wildman–Crippen LogP) is 3.77. The van der Waals surface area contributed by atoms with Crippen molar-refractivity contribution >= 4 is 5.97 Å². The third-order valence-corrected chi connectivity index (χ3v) is 5.63. The Hall–Kier alpha value is -0.570. The van der Waals surface area contributed by atoms with Crippen LogP contribution in [-0.4, -0.2) is 25.2 Å². The zero-order valence-electron chi connectivity index (χ0n) is 14.3. The molecule has 0 aromatic rings. The summed E-state index contributed by atoms with van der Waals surface area (Å²) in [6.45, 7) is 10.7. The fourth-order valence-corrected chi connectivity index (χ4v) is 4.22. The number of nitrogens with one attached hydrogen (secondary N) is 1. The largest absolute Gasteiger partial charge is 0.462 e. The van der Waals surface area contributed by atoms with Crippen LogP contribution in [0.3, 0.4) is 0 Å². The van der Waals surface area contributed by atoms with Crippen molar-refractivity contribution in [2.45, 2.75) is 72.3 Å². The van der Waals surface area contributed by atoms with E-state index in [1.165, 1.54) is 12.8 Å². The van der Waals surface area contributed by atoms with Crippen molar-refractivity contribution in [1.29, 1.82) is 0 Å². The van der Waals surface area contributed by atoms with E-state index < -0.39 is 0 Å². The van der Waals surface area contributed by atoms with Gasteiger partial charge >= 0.3 is 5.97 Å². The van der Waals surface area contributed by atoms with Gasteiger partial charge in [-0.05, 0) is 50.0 Å². The van der Waals surface area contributed by atoms with Crippen LogP contribution in [0, 0.1) is 23.2 Å². The van der Waals surface area contributed by atoms with Gasteiger partial charge in [-0.3, -0.25) is 4.79 Å². The number of esters is 1. The minimum absolute atomic E-state index is 0.0686. The second-order valence-corrected chi connectivity index (χ2v) is 7.73. The molecule has 0 spiro atoms. The molecule has 3 heteroatoms. The normalized spacial score (nSPS) is 36.9. The van der Waals surface area contributed by atoms with E-state index in [0.29, 0.717) is 17.8 Å². The van der Waals surface area contributed by atoms with E-state index in [2.05, 4.69) is 33.0 Å². The van der Waals surface area contributed by atoms with E-state index >= 15 is 0 Å². The van der Waals surface area contributed by atoms with Crippen molar-refractivity contribution in [1.82, 2.24) is 5.32 Å². The van der Waals surface area contributed by atoms with Gasteiger partial charge in [-0.2, -0.15) is 0 Å². The first-order chi connectivity index (χ1) is 9.98. The Morgan fingerprint density at radius 3 is 2.71 bits per heavy atom.